The molecule has 3 aliphatic rings. The first-order chi connectivity index (χ1) is 11.8. The maximum atomic E-state index is 13.0. The fourth-order valence-electron chi connectivity index (χ4n) is 6.21. The van der Waals surface area contributed by atoms with E-state index < -0.39 is 16.4 Å². The van der Waals surface area contributed by atoms with Crippen LogP contribution in [-0.2, 0) is 16.0 Å². The van der Waals surface area contributed by atoms with Crippen LogP contribution in [0.25, 0.3) is 0 Å². The van der Waals surface area contributed by atoms with Crippen molar-refractivity contribution in [1.29, 1.82) is 0 Å². The zero-order valence-electron chi connectivity index (χ0n) is 15.1. The van der Waals surface area contributed by atoms with E-state index in [0.29, 0.717) is 31.2 Å². The summed E-state index contributed by atoms with van der Waals surface area (Å²) < 4.78 is 10.6. The molecule has 2 saturated carbocycles. The molecule has 136 valence electrons. The predicted molar refractivity (Wildman–Crippen MR) is 90.0 cm³/mol. The van der Waals surface area contributed by atoms with Gasteiger partial charge < -0.3 is 14.3 Å². The fourth-order valence-corrected chi connectivity index (χ4v) is 6.21. The number of Topliss-reactive ketones (excluding diaryl/α,β-unsaturated/α-hetero) is 1. The van der Waals surface area contributed by atoms with Crippen LogP contribution in [0.1, 0.15) is 62.1 Å². The summed E-state index contributed by atoms with van der Waals surface area (Å²) in [6.45, 7) is 3.89. The second-order valence-electron chi connectivity index (χ2n) is 8.53. The second-order valence-corrected chi connectivity index (χ2v) is 8.53. The SMILES string of the molecule is COC(=O)C1(C)CCCC2(C)C3Cc4occc4C(=O)C3CCC12O. The van der Waals surface area contributed by atoms with Crippen LogP contribution in [0.4, 0.5) is 0 Å². The largest absolute Gasteiger partial charge is 0.469 e. The Balaban J connectivity index is 1.81. The van der Waals surface area contributed by atoms with Crippen molar-refractivity contribution >= 4 is 11.8 Å². The number of furan rings is 1. The van der Waals surface area contributed by atoms with Gasteiger partial charge in [0, 0.05) is 17.8 Å². The number of carbonyl (C=O) groups excluding carboxylic acids is 2. The zero-order valence-corrected chi connectivity index (χ0v) is 15.1. The van der Waals surface area contributed by atoms with Crippen LogP contribution >= 0.6 is 0 Å². The first kappa shape index (κ1) is 16.8. The van der Waals surface area contributed by atoms with Gasteiger partial charge in [0.2, 0.25) is 0 Å². The molecule has 0 aromatic carbocycles. The number of hydrogen-bond acceptors (Lipinski definition) is 5. The molecular formula is C20H26O5. The van der Waals surface area contributed by atoms with Crippen molar-refractivity contribution in [3.63, 3.8) is 0 Å². The molecule has 5 nitrogen and oxygen atoms in total. The third-order valence-corrected chi connectivity index (χ3v) is 7.74. The van der Waals surface area contributed by atoms with Crippen LogP contribution in [0.5, 0.6) is 0 Å². The molecule has 0 radical (unpaired) electrons. The van der Waals surface area contributed by atoms with Crippen molar-refractivity contribution in [1.82, 2.24) is 0 Å². The maximum absolute atomic E-state index is 13.0. The number of hydrogen-bond donors (Lipinski definition) is 1. The van der Waals surface area contributed by atoms with Crippen molar-refractivity contribution in [3.8, 4) is 0 Å². The van der Waals surface area contributed by atoms with Gasteiger partial charge in [0.15, 0.2) is 5.78 Å². The highest BCUT2D eigenvalue weighted by molar-refractivity contribution is 6.00. The lowest BCUT2D eigenvalue weighted by atomic mass is 9.42. The average molecular weight is 346 g/mol. The van der Waals surface area contributed by atoms with Gasteiger partial charge in [-0.15, -0.1) is 0 Å². The summed E-state index contributed by atoms with van der Waals surface area (Å²) >= 11 is 0. The molecule has 0 spiro atoms. The minimum atomic E-state index is -1.17. The molecule has 5 atom stereocenters. The molecule has 1 N–H and O–H groups in total. The van der Waals surface area contributed by atoms with Crippen LogP contribution in [0.15, 0.2) is 16.7 Å². The first-order valence-corrected chi connectivity index (χ1v) is 9.20. The van der Waals surface area contributed by atoms with E-state index in [1.165, 1.54) is 7.11 Å². The Bertz CT molecular complexity index is 736. The summed E-state index contributed by atoms with van der Waals surface area (Å²) in [7, 11) is 1.38. The Morgan fingerprint density at radius 3 is 2.80 bits per heavy atom. The molecule has 5 unspecified atom stereocenters. The lowest BCUT2D eigenvalue weighted by Crippen LogP contribution is -2.69. The summed E-state index contributed by atoms with van der Waals surface area (Å²) in [5, 5.41) is 11.9. The number of methoxy groups -OCH3 is 1. The van der Waals surface area contributed by atoms with Crippen LogP contribution < -0.4 is 0 Å². The van der Waals surface area contributed by atoms with E-state index in [0.717, 1.165) is 18.6 Å². The zero-order chi connectivity index (χ0) is 18.0. The van der Waals surface area contributed by atoms with Gasteiger partial charge in [-0.05, 0) is 44.6 Å². The van der Waals surface area contributed by atoms with Gasteiger partial charge in [-0.3, -0.25) is 9.59 Å². The predicted octanol–water partition coefficient (Wildman–Crippen LogP) is 3.15. The van der Waals surface area contributed by atoms with E-state index in [1.807, 2.05) is 6.92 Å². The number of esters is 1. The Kier molecular flexibility index (Phi) is 3.50. The monoisotopic (exact) mass is 346 g/mol. The molecule has 0 bridgehead atoms. The third kappa shape index (κ3) is 1.88. The van der Waals surface area contributed by atoms with E-state index in [1.54, 1.807) is 12.3 Å². The minimum Gasteiger partial charge on any atom is -0.469 e. The van der Waals surface area contributed by atoms with E-state index in [-0.39, 0.29) is 23.6 Å². The second kappa shape index (κ2) is 5.19. The van der Waals surface area contributed by atoms with Gasteiger partial charge in [0.1, 0.15) is 5.76 Å². The third-order valence-electron chi connectivity index (χ3n) is 7.74. The lowest BCUT2D eigenvalue weighted by molar-refractivity contribution is -0.243. The number of ketones is 1. The molecule has 2 fully saturated rings. The Morgan fingerprint density at radius 2 is 2.08 bits per heavy atom. The van der Waals surface area contributed by atoms with Crippen molar-refractivity contribution in [3.05, 3.63) is 23.7 Å². The molecule has 3 aliphatic carbocycles. The highest BCUT2D eigenvalue weighted by atomic mass is 16.5. The van der Waals surface area contributed by atoms with Gasteiger partial charge in [-0.1, -0.05) is 13.3 Å². The van der Waals surface area contributed by atoms with Gasteiger partial charge in [0.05, 0.1) is 30.0 Å². The average Bonchev–Trinajstić information content (AvgIpc) is 3.06. The number of aliphatic hydroxyl groups is 1. The van der Waals surface area contributed by atoms with E-state index >= 15 is 0 Å². The van der Waals surface area contributed by atoms with Crippen LogP contribution in [0.3, 0.4) is 0 Å². The lowest BCUT2D eigenvalue weighted by Gasteiger charge is -2.64. The van der Waals surface area contributed by atoms with Gasteiger partial charge >= 0.3 is 5.97 Å². The van der Waals surface area contributed by atoms with E-state index in [2.05, 4.69) is 6.92 Å². The summed E-state index contributed by atoms with van der Waals surface area (Å²) in [4.78, 5) is 25.6. The van der Waals surface area contributed by atoms with Crippen molar-refractivity contribution in [2.45, 2.75) is 58.0 Å². The van der Waals surface area contributed by atoms with Crippen LogP contribution in [-0.4, -0.2) is 29.6 Å². The molecule has 0 saturated heterocycles. The van der Waals surface area contributed by atoms with E-state index in [9.17, 15) is 14.7 Å². The highest BCUT2D eigenvalue weighted by Crippen LogP contribution is 2.65. The molecular weight excluding hydrogens is 320 g/mol. The molecule has 0 amide bonds. The van der Waals surface area contributed by atoms with Crippen molar-refractivity contribution in [2.75, 3.05) is 7.11 Å². The molecule has 1 heterocycles. The molecule has 1 aromatic heterocycles. The highest BCUT2D eigenvalue weighted by Gasteiger charge is 2.69. The van der Waals surface area contributed by atoms with Crippen molar-refractivity contribution in [2.24, 2.45) is 22.7 Å². The summed E-state index contributed by atoms with van der Waals surface area (Å²) in [5.74, 6) is 0.396. The number of rotatable bonds is 1. The fraction of sp³-hybridized carbons (Fsp3) is 0.700. The summed E-state index contributed by atoms with van der Waals surface area (Å²) in [5.41, 5.74) is -1.93. The molecule has 0 aliphatic heterocycles. The quantitative estimate of drug-likeness (QED) is 0.791. The van der Waals surface area contributed by atoms with Gasteiger partial charge in [-0.2, -0.15) is 0 Å². The number of ether oxygens (including phenoxy) is 1. The summed E-state index contributed by atoms with van der Waals surface area (Å²) in [6, 6.07) is 1.76. The number of fused-ring (bicyclic) bond motifs is 4. The summed E-state index contributed by atoms with van der Waals surface area (Å²) in [6.07, 6.45) is 5.54. The standard InChI is InChI=1S/C20H26O5/c1-18-7-4-8-19(2,17(22)24-3)20(18,23)9-5-12-14(18)11-15-13(16(12)21)6-10-25-15/h6,10,12,14,23H,4-5,7-9,11H2,1-3H3. The topological polar surface area (TPSA) is 76.7 Å². The smallest absolute Gasteiger partial charge is 0.314 e. The molecule has 5 heteroatoms. The molecule has 4 rings (SSSR count). The molecule has 25 heavy (non-hydrogen) atoms. The first-order valence-electron chi connectivity index (χ1n) is 9.20. The van der Waals surface area contributed by atoms with E-state index in [4.69, 9.17) is 9.15 Å². The Morgan fingerprint density at radius 1 is 1.32 bits per heavy atom. The van der Waals surface area contributed by atoms with Crippen LogP contribution in [0.2, 0.25) is 0 Å². The van der Waals surface area contributed by atoms with Gasteiger partial charge in [-0.25, -0.2) is 0 Å². The Hall–Kier alpha value is -1.62. The molecule has 1 aromatic rings. The normalized spacial score (nSPS) is 43.0. The Labute approximate surface area is 147 Å². The van der Waals surface area contributed by atoms with Gasteiger partial charge in [0.25, 0.3) is 0 Å². The number of carbonyl (C=O) groups is 2. The van der Waals surface area contributed by atoms with Crippen LogP contribution in [0, 0.1) is 22.7 Å². The minimum absolute atomic E-state index is 0.0123. The maximum Gasteiger partial charge on any atom is 0.314 e. The van der Waals surface area contributed by atoms with Crippen molar-refractivity contribution < 1.29 is 23.8 Å².